The lowest BCUT2D eigenvalue weighted by Gasteiger charge is -2.18. The van der Waals surface area contributed by atoms with Crippen molar-refractivity contribution in [2.24, 2.45) is 0 Å². The Labute approximate surface area is 195 Å². The number of rotatable bonds is 7. The molecule has 2 fully saturated rings. The number of hydrogen-bond acceptors (Lipinski definition) is 9. The molecule has 0 aliphatic carbocycles. The van der Waals surface area contributed by atoms with Crippen LogP contribution in [0.2, 0.25) is 0 Å². The molecule has 0 bridgehead atoms. The maximum absolute atomic E-state index is 12.9. The van der Waals surface area contributed by atoms with Crippen molar-refractivity contribution in [2.75, 3.05) is 23.8 Å². The van der Waals surface area contributed by atoms with Gasteiger partial charge in [0.1, 0.15) is 17.9 Å². The first-order valence-corrected chi connectivity index (χ1v) is 12.1. The Balaban J connectivity index is 1.23. The van der Waals surface area contributed by atoms with E-state index in [-0.39, 0.29) is 29.6 Å². The minimum Gasteiger partial charge on any atom is -0.463 e. The molecule has 2 saturated heterocycles. The van der Waals surface area contributed by atoms with Crippen LogP contribution in [0.3, 0.4) is 0 Å². The predicted molar refractivity (Wildman–Crippen MR) is 121 cm³/mol. The van der Waals surface area contributed by atoms with Gasteiger partial charge in [0, 0.05) is 18.8 Å². The van der Waals surface area contributed by atoms with Gasteiger partial charge in [0.05, 0.1) is 36.5 Å². The number of benzene rings is 1. The van der Waals surface area contributed by atoms with Gasteiger partial charge in [-0.25, -0.2) is 23.1 Å². The van der Waals surface area contributed by atoms with Crippen LogP contribution in [0.4, 0.5) is 11.6 Å². The van der Waals surface area contributed by atoms with Gasteiger partial charge < -0.3 is 24.5 Å². The van der Waals surface area contributed by atoms with Crippen LogP contribution >= 0.6 is 0 Å². The average molecular weight is 486 g/mol. The van der Waals surface area contributed by atoms with E-state index in [2.05, 4.69) is 25.3 Å². The summed E-state index contributed by atoms with van der Waals surface area (Å²) in [6.07, 6.45) is 2.37. The first kappa shape index (κ1) is 22.5. The number of sulfonamides is 1. The lowest BCUT2D eigenvalue weighted by Crippen LogP contribution is -2.44. The average Bonchev–Trinajstić information content (AvgIpc) is 3.55. The minimum absolute atomic E-state index is 0.0841. The number of carbonyl (C=O) groups excluding carboxylic acids is 1. The van der Waals surface area contributed by atoms with E-state index in [9.17, 15) is 13.2 Å². The molecular formula is C22H23N5O6S. The number of anilines is 2. The number of fused-ring (bicyclic) bond motifs is 1. The second kappa shape index (κ2) is 9.14. The maximum Gasteiger partial charge on any atom is 0.240 e. The Bertz CT molecular complexity index is 1270. The third kappa shape index (κ3) is 4.66. The highest BCUT2D eigenvalue weighted by Gasteiger charge is 2.49. The Hall–Kier alpha value is -3.32. The molecule has 0 spiro atoms. The zero-order valence-corrected chi connectivity index (χ0v) is 19.0. The summed E-state index contributed by atoms with van der Waals surface area (Å²) in [5.41, 5.74) is 1.16. The van der Waals surface area contributed by atoms with Crippen molar-refractivity contribution >= 4 is 27.6 Å². The number of nitrogens with zero attached hydrogens (tertiary/aromatic N) is 2. The van der Waals surface area contributed by atoms with E-state index in [1.807, 2.05) is 6.07 Å². The zero-order chi connectivity index (χ0) is 23.7. The quantitative estimate of drug-likeness (QED) is 0.454. The Kier molecular flexibility index (Phi) is 6.04. The molecule has 4 heterocycles. The monoisotopic (exact) mass is 485 g/mol. The number of amides is 1. The van der Waals surface area contributed by atoms with Crippen molar-refractivity contribution in [3.05, 3.63) is 54.9 Å². The van der Waals surface area contributed by atoms with Crippen LogP contribution in [0.25, 0.3) is 11.5 Å². The largest absolute Gasteiger partial charge is 0.463 e. The summed E-state index contributed by atoms with van der Waals surface area (Å²) < 4.78 is 45.6. The Morgan fingerprint density at radius 3 is 2.47 bits per heavy atom. The summed E-state index contributed by atoms with van der Waals surface area (Å²) >= 11 is 0. The molecule has 12 heteroatoms. The summed E-state index contributed by atoms with van der Waals surface area (Å²) in [7, 11) is -3.81. The molecule has 11 nitrogen and oxygen atoms in total. The van der Waals surface area contributed by atoms with E-state index in [4.69, 9.17) is 13.9 Å². The molecule has 34 heavy (non-hydrogen) atoms. The zero-order valence-electron chi connectivity index (χ0n) is 18.2. The molecule has 1 amide bonds. The Morgan fingerprint density at radius 1 is 1.03 bits per heavy atom. The highest BCUT2D eigenvalue weighted by Crippen LogP contribution is 2.30. The topological polar surface area (TPSA) is 145 Å². The van der Waals surface area contributed by atoms with Crippen molar-refractivity contribution in [3.63, 3.8) is 0 Å². The molecule has 2 aliphatic rings. The van der Waals surface area contributed by atoms with Gasteiger partial charge in [-0.3, -0.25) is 4.79 Å². The van der Waals surface area contributed by atoms with Crippen LogP contribution < -0.4 is 15.4 Å². The van der Waals surface area contributed by atoms with Gasteiger partial charge in [-0.2, -0.15) is 0 Å². The molecule has 178 valence electrons. The molecule has 0 saturated carbocycles. The first-order chi connectivity index (χ1) is 16.4. The summed E-state index contributed by atoms with van der Waals surface area (Å²) in [4.78, 5) is 20.0. The first-order valence-electron chi connectivity index (χ1n) is 10.7. The van der Waals surface area contributed by atoms with Crippen molar-refractivity contribution < 1.29 is 27.1 Å². The maximum atomic E-state index is 12.9. The number of aromatic nitrogens is 2. The fourth-order valence-electron chi connectivity index (χ4n) is 4.07. The fraction of sp³-hybridized carbons (Fsp3) is 0.318. The molecule has 2 aromatic heterocycles. The molecule has 4 atom stereocenters. The van der Waals surface area contributed by atoms with E-state index in [1.54, 1.807) is 24.6 Å². The van der Waals surface area contributed by atoms with Gasteiger partial charge in [0.2, 0.25) is 21.9 Å². The number of nitrogens with one attached hydrogen (secondary N) is 3. The van der Waals surface area contributed by atoms with Crippen molar-refractivity contribution in [1.82, 2.24) is 14.7 Å². The second-order valence-electron chi connectivity index (χ2n) is 8.02. The highest BCUT2D eigenvalue weighted by molar-refractivity contribution is 7.89. The lowest BCUT2D eigenvalue weighted by atomic mass is 10.1. The van der Waals surface area contributed by atoms with Crippen LogP contribution in [-0.4, -0.2) is 61.8 Å². The lowest BCUT2D eigenvalue weighted by molar-refractivity contribution is -0.114. The van der Waals surface area contributed by atoms with Crippen molar-refractivity contribution in [2.45, 2.75) is 36.1 Å². The fourth-order valence-corrected chi connectivity index (χ4v) is 5.30. The van der Waals surface area contributed by atoms with Crippen molar-refractivity contribution in [3.8, 4) is 11.5 Å². The van der Waals surface area contributed by atoms with Crippen LogP contribution in [0.1, 0.15) is 6.92 Å². The summed E-state index contributed by atoms with van der Waals surface area (Å²) in [5, 5.41) is 5.83. The number of hydrogen-bond donors (Lipinski definition) is 3. The Morgan fingerprint density at radius 2 is 1.76 bits per heavy atom. The molecule has 0 radical (unpaired) electrons. The van der Waals surface area contributed by atoms with Crippen LogP contribution in [-0.2, 0) is 24.3 Å². The smallest absolute Gasteiger partial charge is 0.240 e. The van der Waals surface area contributed by atoms with E-state index in [0.717, 1.165) is 0 Å². The van der Waals surface area contributed by atoms with Gasteiger partial charge in [-0.1, -0.05) is 0 Å². The van der Waals surface area contributed by atoms with Gasteiger partial charge in [0.15, 0.2) is 5.76 Å². The number of ether oxygens (including phenoxy) is 2. The molecule has 3 aromatic rings. The number of carbonyl (C=O) groups is 1. The molecule has 1 aromatic carbocycles. The number of furan rings is 1. The third-order valence-electron chi connectivity index (χ3n) is 5.59. The summed E-state index contributed by atoms with van der Waals surface area (Å²) in [6, 6.07) is 10.5. The van der Waals surface area contributed by atoms with E-state index >= 15 is 0 Å². The SMILES string of the molecule is CC(=O)Nc1ccc(S(=O)(=O)N[C@@H]2CO[C@@H]3[C@@H]2OC[C@@H]3Nc2nccc(-c3ccco3)n2)cc1. The normalized spacial score (nSPS) is 24.0. The van der Waals surface area contributed by atoms with Crippen LogP contribution in [0.15, 0.2) is 64.2 Å². The van der Waals surface area contributed by atoms with Gasteiger partial charge in [-0.15, -0.1) is 0 Å². The molecule has 0 unspecified atom stereocenters. The predicted octanol–water partition coefficient (Wildman–Crippen LogP) is 1.62. The van der Waals surface area contributed by atoms with Crippen LogP contribution in [0, 0.1) is 0 Å². The molecule has 5 rings (SSSR count). The van der Waals surface area contributed by atoms with Gasteiger partial charge in [0.25, 0.3) is 0 Å². The minimum atomic E-state index is -3.81. The second-order valence-corrected chi connectivity index (χ2v) is 9.74. The van der Waals surface area contributed by atoms with Gasteiger partial charge >= 0.3 is 0 Å². The molecular weight excluding hydrogens is 462 g/mol. The third-order valence-corrected chi connectivity index (χ3v) is 7.09. The van der Waals surface area contributed by atoms with E-state index in [1.165, 1.54) is 31.2 Å². The summed E-state index contributed by atoms with van der Waals surface area (Å²) in [6.45, 7) is 1.87. The van der Waals surface area contributed by atoms with E-state index in [0.29, 0.717) is 29.7 Å². The summed E-state index contributed by atoms with van der Waals surface area (Å²) in [5.74, 6) is 0.792. The molecule has 2 aliphatic heterocycles. The van der Waals surface area contributed by atoms with Gasteiger partial charge in [-0.05, 0) is 42.5 Å². The van der Waals surface area contributed by atoms with E-state index < -0.39 is 22.2 Å². The van der Waals surface area contributed by atoms with Crippen LogP contribution in [0.5, 0.6) is 0 Å². The standard InChI is InChI=1S/C22H23N5O6S/c1-13(28)24-14-4-6-15(7-5-14)34(29,30)27-18-12-33-20-17(11-32-21(18)20)26-22-23-9-8-16(25-22)19-3-2-10-31-19/h2-10,17-18,20-21,27H,11-12H2,1H3,(H,24,28)(H,23,25,26)/t17-,18+,20-,21+/m0/s1. The van der Waals surface area contributed by atoms with Crippen molar-refractivity contribution in [1.29, 1.82) is 0 Å². The molecule has 3 N–H and O–H groups in total. The highest BCUT2D eigenvalue weighted by atomic mass is 32.2.